The van der Waals surface area contributed by atoms with Crippen molar-refractivity contribution >= 4 is 39.6 Å². The average molecular weight is 588 g/mol. The minimum Gasteiger partial charge on any atom is -0.458 e. The Morgan fingerprint density at radius 3 is 2.21 bits per heavy atom. The van der Waals surface area contributed by atoms with Crippen molar-refractivity contribution < 1.29 is 27.2 Å². The number of aryl methyl sites for hydroxylation is 1. The molecule has 1 heterocycles. The molecule has 42 heavy (non-hydrogen) atoms. The van der Waals surface area contributed by atoms with Crippen molar-refractivity contribution in [2.24, 2.45) is 5.10 Å². The number of nitrogens with zero attached hydrogens (tertiary/aromatic N) is 2. The largest absolute Gasteiger partial charge is 0.458 e. The first kappa shape index (κ1) is 29.9. The molecular formula is C30H29N5O6S. The molecule has 0 bridgehead atoms. The average Bonchev–Trinajstić information content (AvgIpc) is 3.44. The quantitative estimate of drug-likeness (QED) is 0.139. The van der Waals surface area contributed by atoms with Crippen LogP contribution in [-0.2, 0) is 37.5 Å². The van der Waals surface area contributed by atoms with E-state index in [1.165, 1.54) is 18.3 Å². The SMILES string of the molecule is Cc1ccc(S(=O)(=O)N(CC(=O)N/N=C\c2ccc(CNC(=O)C(=O)Nc3ccccc3)o2)Cc2ccccc2)cc1. The topological polar surface area (TPSA) is 150 Å². The molecule has 0 atom stereocenters. The molecule has 11 nitrogen and oxygen atoms in total. The van der Waals surface area contributed by atoms with Crippen molar-refractivity contribution in [3.8, 4) is 0 Å². The van der Waals surface area contributed by atoms with Crippen molar-refractivity contribution in [2.45, 2.75) is 24.9 Å². The number of hydrogen-bond donors (Lipinski definition) is 3. The second-order valence-corrected chi connectivity index (χ2v) is 11.1. The van der Waals surface area contributed by atoms with Gasteiger partial charge in [0.1, 0.15) is 11.5 Å². The van der Waals surface area contributed by atoms with E-state index < -0.39 is 34.3 Å². The summed E-state index contributed by atoms with van der Waals surface area (Å²) in [4.78, 5) is 36.9. The number of para-hydroxylation sites is 1. The predicted molar refractivity (Wildman–Crippen MR) is 157 cm³/mol. The van der Waals surface area contributed by atoms with Gasteiger partial charge in [-0.2, -0.15) is 9.41 Å². The van der Waals surface area contributed by atoms with Gasteiger partial charge in [0.2, 0.25) is 10.0 Å². The Hall–Kier alpha value is -5.07. The van der Waals surface area contributed by atoms with Gasteiger partial charge in [0.15, 0.2) is 0 Å². The molecule has 216 valence electrons. The minimum atomic E-state index is -3.98. The lowest BCUT2D eigenvalue weighted by Crippen LogP contribution is -2.39. The zero-order valence-electron chi connectivity index (χ0n) is 22.7. The molecule has 0 saturated carbocycles. The highest BCUT2D eigenvalue weighted by molar-refractivity contribution is 7.89. The number of nitrogens with one attached hydrogen (secondary N) is 3. The fourth-order valence-corrected chi connectivity index (χ4v) is 5.14. The summed E-state index contributed by atoms with van der Waals surface area (Å²) >= 11 is 0. The summed E-state index contributed by atoms with van der Waals surface area (Å²) in [6, 6.07) is 27.1. The molecule has 0 saturated heterocycles. The lowest BCUT2D eigenvalue weighted by molar-refractivity contribution is -0.136. The molecule has 0 unspecified atom stereocenters. The molecule has 3 aromatic carbocycles. The van der Waals surface area contributed by atoms with E-state index in [9.17, 15) is 22.8 Å². The van der Waals surface area contributed by atoms with Gasteiger partial charge < -0.3 is 15.1 Å². The second-order valence-electron chi connectivity index (χ2n) is 9.17. The van der Waals surface area contributed by atoms with Gasteiger partial charge in [0.05, 0.1) is 24.2 Å². The maximum Gasteiger partial charge on any atom is 0.313 e. The van der Waals surface area contributed by atoms with E-state index >= 15 is 0 Å². The molecule has 3 N–H and O–H groups in total. The molecule has 0 fully saturated rings. The van der Waals surface area contributed by atoms with Crippen LogP contribution in [0.5, 0.6) is 0 Å². The minimum absolute atomic E-state index is 0.00911. The standard InChI is InChI=1S/C30H29N5O6S/c1-22-12-16-27(17-13-22)42(39,40)35(20-23-8-4-2-5-9-23)21-28(36)34-32-19-26-15-14-25(41-26)18-31-29(37)30(38)33-24-10-6-3-7-11-24/h2-17,19H,18,20-21H2,1H3,(H,31,37)(H,33,38)(H,34,36)/b32-19-. The Balaban J connectivity index is 1.32. The number of benzene rings is 3. The van der Waals surface area contributed by atoms with Gasteiger partial charge in [-0.25, -0.2) is 13.8 Å². The van der Waals surface area contributed by atoms with Gasteiger partial charge in [0, 0.05) is 12.2 Å². The number of furan rings is 1. The van der Waals surface area contributed by atoms with Crippen LogP contribution >= 0.6 is 0 Å². The van der Waals surface area contributed by atoms with Crippen molar-refractivity contribution in [2.75, 3.05) is 11.9 Å². The fraction of sp³-hybridized carbons (Fsp3) is 0.133. The van der Waals surface area contributed by atoms with Crippen LogP contribution in [0.2, 0.25) is 0 Å². The summed E-state index contributed by atoms with van der Waals surface area (Å²) in [5.74, 6) is -1.69. The van der Waals surface area contributed by atoms with Crippen LogP contribution in [0.3, 0.4) is 0 Å². The number of carbonyl (C=O) groups excluding carboxylic acids is 3. The van der Waals surface area contributed by atoms with Gasteiger partial charge in [-0.1, -0.05) is 66.2 Å². The van der Waals surface area contributed by atoms with Crippen LogP contribution in [0.25, 0.3) is 0 Å². The highest BCUT2D eigenvalue weighted by Crippen LogP contribution is 2.19. The first-order chi connectivity index (χ1) is 20.2. The van der Waals surface area contributed by atoms with E-state index in [-0.39, 0.29) is 23.7 Å². The fourth-order valence-electron chi connectivity index (χ4n) is 3.75. The second kappa shape index (κ2) is 14.0. The van der Waals surface area contributed by atoms with Gasteiger partial charge in [-0.05, 0) is 48.9 Å². The Kier molecular flexibility index (Phi) is 9.98. The van der Waals surface area contributed by atoms with E-state index in [1.54, 1.807) is 78.9 Å². The molecule has 3 amide bonds. The van der Waals surface area contributed by atoms with Crippen LogP contribution in [0.15, 0.2) is 111 Å². The van der Waals surface area contributed by atoms with Crippen molar-refractivity contribution in [1.29, 1.82) is 0 Å². The van der Waals surface area contributed by atoms with E-state index in [4.69, 9.17) is 4.42 Å². The number of anilines is 1. The molecule has 4 rings (SSSR count). The first-order valence-electron chi connectivity index (χ1n) is 12.9. The molecule has 0 spiro atoms. The molecule has 0 radical (unpaired) electrons. The Morgan fingerprint density at radius 2 is 1.52 bits per heavy atom. The number of amides is 3. The zero-order chi connectivity index (χ0) is 30.0. The molecule has 4 aromatic rings. The maximum atomic E-state index is 13.4. The highest BCUT2D eigenvalue weighted by Gasteiger charge is 2.27. The van der Waals surface area contributed by atoms with Gasteiger partial charge in [-0.15, -0.1) is 0 Å². The van der Waals surface area contributed by atoms with Gasteiger partial charge in [0.25, 0.3) is 5.91 Å². The van der Waals surface area contributed by atoms with E-state index in [0.29, 0.717) is 11.4 Å². The monoisotopic (exact) mass is 587 g/mol. The van der Waals surface area contributed by atoms with Crippen LogP contribution in [0.4, 0.5) is 5.69 Å². The smallest absolute Gasteiger partial charge is 0.313 e. The van der Waals surface area contributed by atoms with Gasteiger partial charge in [-0.3, -0.25) is 14.4 Å². The number of sulfonamides is 1. The lowest BCUT2D eigenvalue weighted by Gasteiger charge is -2.21. The van der Waals surface area contributed by atoms with Crippen LogP contribution in [0, 0.1) is 6.92 Å². The number of rotatable bonds is 11. The normalized spacial score (nSPS) is 11.4. The molecular weight excluding hydrogens is 558 g/mol. The zero-order valence-corrected chi connectivity index (χ0v) is 23.5. The molecule has 12 heteroatoms. The van der Waals surface area contributed by atoms with E-state index in [0.717, 1.165) is 15.4 Å². The maximum absolute atomic E-state index is 13.4. The van der Waals surface area contributed by atoms with Crippen LogP contribution < -0.4 is 16.1 Å². The summed E-state index contributed by atoms with van der Waals surface area (Å²) in [7, 11) is -3.98. The predicted octanol–water partition coefficient (Wildman–Crippen LogP) is 3.18. The molecule has 0 aliphatic carbocycles. The summed E-state index contributed by atoms with van der Waals surface area (Å²) in [5.41, 5.74) is 4.44. The molecule has 0 aliphatic rings. The number of hydrogen-bond acceptors (Lipinski definition) is 7. The number of hydrazone groups is 1. The Labute approximate surface area is 243 Å². The first-order valence-corrected chi connectivity index (χ1v) is 14.3. The van der Waals surface area contributed by atoms with E-state index in [2.05, 4.69) is 21.2 Å². The van der Waals surface area contributed by atoms with Crippen LogP contribution in [-0.4, -0.2) is 43.2 Å². The van der Waals surface area contributed by atoms with Crippen molar-refractivity contribution in [3.05, 3.63) is 120 Å². The van der Waals surface area contributed by atoms with Crippen molar-refractivity contribution in [3.63, 3.8) is 0 Å². The third-order valence-electron chi connectivity index (χ3n) is 5.91. The lowest BCUT2D eigenvalue weighted by atomic mass is 10.2. The third kappa shape index (κ3) is 8.46. The Bertz CT molecular complexity index is 1650. The molecule has 0 aliphatic heterocycles. The summed E-state index contributed by atoms with van der Waals surface area (Å²) in [6.07, 6.45) is 1.24. The van der Waals surface area contributed by atoms with E-state index in [1.807, 2.05) is 13.0 Å². The van der Waals surface area contributed by atoms with Crippen molar-refractivity contribution in [1.82, 2.24) is 15.0 Å². The summed E-state index contributed by atoms with van der Waals surface area (Å²) in [6.45, 7) is 1.33. The molecule has 1 aromatic heterocycles. The summed E-state index contributed by atoms with van der Waals surface area (Å²) in [5, 5.41) is 8.80. The Morgan fingerprint density at radius 1 is 0.857 bits per heavy atom. The highest BCUT2D eigenvalue weighted by atomic mass is 32.2. The summed E-state index contributed by atoms with van der Waals surface area (Å²) < 4.78 is 33.3. The number of carbonyl (C=O) groups is 3. The van der Waals surface area contributed by atoms with Gasteiger partial charge >= 0.3 is 11.8 Å². The van der Waals surface area contributed by atoms with Crippen LogP contribution in [0.1, 0.15) is 22.6 Å². The third-order valence-corrected chi connectivity index (χ3v) is 7.71.